The highest BCUT2D eigenvalue weighted by atomic mass is 16.4. The summed E-state index contributed by atoms with van der Waals surface area (Å²) < 4.78 is 0. The van der Waals surface area contributed by atoms with E-state index in [9.17, 15) is 29.4 Å². The Hall–Kier alpha value is -3.14. The first-order valence-corrected chi connectivity index (χ1v) is 9.65. The smallest absolute Gasteiger partial charge is 0.326 e. The topological polar surface area (TPSA) is 185 Å². The van der Waals surface area contributed by atoms with Gasteiger partial charge in [-0.05, 0) is 36.5 Å². The van der Waals surface area contributed by atoms with Crippen molar-refractivity contribution in [2.24, 2.45) is 17.4 Å². The van der Waals surface area contributed by atoms with Gasteiger partial charge >= 0.3 is 5.97 Å². The molecule has 0 fully saturated rings. The van der Waals surface area contributed by atoms with E-state index >= 15 is 0 Å². The maximum Gasteiger partial charge on any atom is 0.326 e. The van der Waals surface area contributed by atoms with Crippen molar-refractivity contribution in [3.8, 4) is 5.75 Å². The highest BCUT2D eigenvalue weighted by molar-refractivity contribution is 5.92. The lowest BCUT2D eigenvalue weighted by atomic mass is 10.0. The van der Waals surface area contributed by atoms with Crippen molar-refractivity contribution in [2.45, 2.75) is 57.7 Å². The molecule has 0 saturated heterocycles. The molecule has 10 heteroatoms. The number of carboxylic acids is 1. The van der Waals surface area contributed by atoms with E-state index in [2.05, 4.69) is 10.6 Å². The van der Waals surface area contributed by atoms with Crippen LogP contribution in [-0.2, 0) is 25.6 Å². The highest BCUT2D eigenvalue weighted by Gasteiger charge is 2.28. The van der Waals surface area contributed by atoms with Gasteiger partial charge in [-0.25, -0.2) is 4.79 Å². The van der Waals surface area contributed by atoms with Crippen LogP contribution in [0.4, 0.5) is 0 Å². The number of nitrogens with one attached hydrogen (secondary N) is 2. The molecule has 8 N–H and O–H groups in total. The number of primary amides is 1. The fraction of sp³-hybridized carbons (Fsp3) is 0.500. The number of benzene rings is 1. The van der Waals surface area contributed by atoms with Crippen LogP contribution < -0.4 is 22.1 Å². The average molecular weight is 422 g/mol. The Morgan fingerprint density at radius 1 is 1.00 bits per heavy atom. The predicted octanol–water partition coefficient (Wildman–Crippen LogP) is -0.372. The minimum absolute atomic E-state index is 0.0137. The first kappa shape index (κ1) is 24.9. The number of hydrogen-bond acceptors (Lipinski definition) is 6. The summed E-state index contributed by atoms with van der Waals surface area (Å²) in [6, 6.07) is 2.76. The van der Waals surface area contributed by atoms with Crippen LogP contribution in [0.2, 0.25) is 0 Å². The Morgan fingerprint density at radius 2 is 1.57 bits per heavy atom. The number of rotatable bonds is 12. The molecular formula is C20H30N4O6. The molecule has 1 aromatic rings. The van der Waals surface area contributed by atoms with E-state index in [1.807, 2.05) is 13.8 Å². The zero-order chi connectivity index (χ0) is 22.8. The maximum atomic E-state index is 12.8. The molecule has 0 heterocycles. The van der Waals surface area contributed by atoms with Crippen LogP contribution in [0.1, 0.15) is 38.7 Å². The molecule has 0 spiro atoms. The molecule has 166 valence electrons. The van der Waals surface area contributed by atoms with Gasteiger partial charge in [-0.1, -0.05) is 26.0 Å². The third-order valence-corrected chi connectivity index (χ3v) is 4.37. The second-order valence-corrected chi connectivity index (χ2v) is 7.57. The van der Waals surface area contributed by atoms with Crippen molar-refractivity contribution in [1.29, 1.82) is 0 Å². The summed E-state index contributed by atoms with van der Waals surface area (Å²) in [5.74, 6) is -3.05. The lowest BCUT2D eigenvalue weighted by molar-refractivity contribution is -0.142. The summed E-state index contributed by atoms with van der Waals surface area (Å²) in [6.45, 7) is 3.66. The molecule has 0 aliphatic rings. The quantitative estimate of drug-likeness (QED) is 0.265. The summed E-state index contributed by atoms with van der Waals surface area (Å²) in [5.41, 5.74) is 11.5. The van der Waals surface area contributed by atoms with Crippen LogP contribution >= 0.6 is 0 Å². The van der Waals surface area contributed by atoms with Gasteiger partial charge in [-0.3, -0.25) is 14.4 Å². The molecule has 0 bridgehead atoms. The molecule has 1 rings (SSSR count). The number of aromatic hydroxyl groups is 1. The van der Waals surface area contributed by atoms with Crippen LogP contribution in [-0.4, -0.2) is 52.0 Å². The number of carboxylic acid groups (broad SMARTS) is 1. The van der Waals surface area contributed by atoms with E-state index in [0.717, 1.165) is 0 Å². The number of carbonyl (C=O) groups is 4. The molecule has 3 atom stereocenters. The summed E-state index contributed by atoms with van der Waals surface area (Å²) in [4.78, 5) is 47.5. The van der Waals surface area contributed by atoms with E-state index in [4.69, 9.17) is 11.5 Å². The molecule has 10 nitrogen and oxygen atoms in total. The van der Waals surface area contributed by atoms with Crippen LogP contribution in [0.5, 0.6) is 5.75 Å². The molecule has 3 amide bonds. The Bertz CT molecular complexity index is 750. The average Bonchev–Trinajstić information content (AvgIpc) is 2.65. The van der Waals surface area contributed by atoms with E-state index < -0.39 is 41.8 Å². The summed E-state index contributed by atoms with van der Waals surface area (Å²) in [7, 11) is 0. The van der Waals surface area contributed by atoms with Crippen LogP contribution in [0.25, 0.3) is 0 Å². The zero-order valence-electron chi connectivity index (χ0n) is 17.1. The lowest BCUT2D eigenvalue weighted by Gasteiger charge is -2.23. The third kappa shape index (κ3) is 8.91. The second kappa shape index (κ2) is 11.8. The van der Waals surface area contributed by atoms with E-state index in [0.29, 0.717) is 5.56 Å². The van der Waals surface area contributed by atoms with Crippen molar-refractivity contribution < 1.29 is 29.4 Å². The van der Waals surface area contributed by atoms with Crippen LogP contribution in [0.3, 0.4) is 0 Å². The molecule has 0 unspecified atom stereocenters. The molecular weight excluding hydrogens is 392 g/mol. The zero-order valence-corrected chi connectivity index (χ0v) is 17.1. The van der Waals surface area contributed by atoms with Gasteiger partial charge in [-0.2, -0.15) is 0 Å². The largest absolute Gasteiger partial charge is 0.508 e. The number of carbonyl (C=O) groups excluding carboxylic acids is 3. The SMILES string of the molecule is CC(C)C[C@H](NC(=O)[C@H](Cc1ccc(O)cc1)NC(=O)[C@@H](N)CCC(N)=O)C(=O)O. The molecule has 0 radical (unpaired) electrons. The first-order chi connectivity index (χ1) is 14.0. The van der Waals surface area contributed by atoms with Crippen molar-refractivity contribution in [1.82, 2.24) is 10.6 Å². The maximum absolute atomic E-state index is 12.8. The van der Waals surface area contributed by atoms with E-state index in [-0.39, 0.29) is 37.4 Å². The Morgan fingerprint density at radius 3 is 2.07 bits per heavy atom. The minimum atomic E-state index is -1.18. The second-order valence-electron chi connectivity index (χ2n) is 7.57. The summed E-state index contributed by atoms with van der Waals surface area (Å²) in [5, 5.41) is 23.8. The van der Waals surface area contributed by atoms with E-state index in [1.165, 1.54) is 12.1 Å². The van der Waals surface area contributed by atoms with Crippen molar-refractivity contribution in [3.63, 3.8) is 0 Å². The van der Waals surface area contributed by atoms with Gasteiger partial charge in [0.05, 0.1) is 6.04 Å². The lowest BCUT2D eigenvalue weighted by Crippen LogP contribution is -2.55. The molecule has 1 aromatic carbocycles. The van der Waals surface area contributed by atoms with Crippen molar-refractivity contribution in [2.75, 3.05) is 0 Å². The number of hydrogen-bond donors (Lipinski definition) is 6. The molecule has 0 aliphatic carbocycles. The van der Waals surface area contributed by atoms with Gasteiger partial charge in [0.2, 0.25) is 17.7 Å². The molecule has 30 heavy (non-hydrogen) atoms. The fourth-order valence-corrected chi connectivity index (χ4v) is 2.75. The minimum Gasteiger partial charge on any atom is -0.508 e. The van der Waals surface area contributed by atoms with Crippen LogP contribution in [0, 0.1) is 5.92 Å². The van der Waals surface area contributed by atoms with Gasteiger partial charge in [0.15, 0.2) is 0 Å². The standard InChI is InChI=1S/C20H30N4O6/c1-11(2)9-16(20(29)30)24-19(28)15(10-12-3-5-13(25)6-4-12)23-18(27)14(21)7-8-17(22)26/h3-6,11,14-16,25H,7-10,21H2,1-2H3,(H2,22,26)(H,23,27)(H,24,28)(H,29,30)/t14-,15-,16-/m0/s1. The Balaban J connectivity index is 2.96. The molecule has 0 aliphatic heterocycles. The normalized spacial score (nSPS) is 13.9. The van der Waals surface area contributed by atoms with E-state index in [1.54, 1.807) is 12.1 Å². The van der Waals surface area contributed by atoms with Gasteiger partial charge < -0.3 is 32.3 Å². The monoisotopic (exact) mass is 422 g/mol. The fourth-order valence-electron chi connectivity index (χ4n) is 2.75. The first-order valence-electron chi connectivity index (χ1n) is 9.65. The molecule has 0 aromatic heterocycles. The summed E-state index contributed by atoms with van der Waals surface area (Å²) in [6.07, 6.45) is 0.201. The molecule has 0 saturated carbocycles. The highest BCUT2D eigenvalue weighted by Crippen LogP contribution is 2.12. The van der Waals surface area contributed by atoms with Crippen molar-refractivity contribution >= 4 is 23.7 Å². The van der Waals surface area contributed by atoms with Gasteiger partial charge in [0, 0.05) is 12.8 Å². The van der Waals surface area contributed by atoms with Gasteiger partial charge in [0.25, 0.3) is 0 Å². The number of aliphatic carboxylic acids is 1. The third-order valence-electron chi connectivity index (χ3n) is 4.37. The predicted molar refractivity (Wildman–Crippen MR) is 109 cm³/mol. The number of phenols is 1. The van der Waals surface area contributed by atoms with Crippen LogP contribution in [0.15, 0.2) is 24.3 Å². The van der Waals surface area contributed by atoms with Gasteiger partial charge in [-0.15, -0.1) is 0 Å². The van der Waals surface area contributed by atoms with Crippen molar-refractivity contribution in [3.05, 3.63) is 29.8 Å². The number of nitrogens with two attached hydrogens (primary N) is 2. The summed E-state index contributed by atoms with van der Waals surface area (Å²) >= 11 is 0. The Labute approximate surface area is 175 Å². The number of amides is 3. The number of phenolic OH excluding ortho intramolecular Hbond substituents is 1. The van der Waals surface area contributed by atoms with Gasteiger partial charge in [0.1, 0.15) is 17.8 Å². The Kier molecular flexibility index (Phi) is 9.76.